The Hall–Kier alpha value is -5.16. The van der Waals surface area contributed by atoms with Crippen LogP contribution in [0.2, 0.25) is 0 Å². The molecule has 11 heteroatoms. The number of rotatable bonds is 17. The highest BCUT2D eigenvalue weighted by atomic mass is 19.1. The van der Waals surface area contributed by atoms with Crippen molar-refractivity contribution < 1.29 is 33.0 Å². The summed E-state index contributed by atoms with van der Waals surface area (Å²) in [5.74, 6) is -1.61. The molecular formula is C37H38F2N4O5. The number of aliphatic carboxylic acids is 1. The number of H-pyrrole nitrogens is 2. The number of hydrogen-bond acceptors (Lipinski definition) is 6. The Morgan fingerprint density at radius 2 is 1.90 bits per heavy atom. The van der Waals surface area contributed by atoms with Crippen molar-refractivity contribution in [2.45, 2.75) is 57.3 Å². The van der Waals surface area contributed by atoms with Gasteiger partial charge in [0.25, 0.3) is 0 Å². The van der Waals surface area contributed by atoms with Crippen molar-refractivity contribution in [2.24, 2.45) is 0 Å². The third-order valence-corrected chi connectivity index (χ3v) is 8.66. The molecule has 48 heavy (non-hydrogen) atoms. The van der Waals surface area contributed by atoms with E-state index >= 15 is 8.78 Å². The molecule has 0 saturated heterocycles. The van der Waals surface area contributed by atoms with Crippen LogP contribution in [0.5, 0.6) is 11.5 Å². The maximum atomic E-state index is 15.4. The number of imidazole rings is 1. The van der Waals surface area contributed by atoms with Crippen LogP contribution < -0.4 is 10.1 Å². The van der Waals surface area contributed by atoms with Gasteiger partial charge in [0, 0.05) is 65.3 Å². The van der Waals surface area contributed by atoms with E-state index in [0.717, 1.165) is 22.8 Å². The minimum Gasteiger partial charge on any atom is -0.481 e. The zero-order valence-corrected chi connectivity index (χ0v) is 26.9. The normalized spacial score (nSPS) is 12.6. The Balaban J connectivity index is 1.48. The summed E-state index contributed by atoms with van der Waals surface area (Å²) in [6, 6.07) is 14.9. The molecule has 0 aliphatic heterocycles. The number of aryl methyl sites for hydroxylation is 2. The topological polar surface area (TPSA) is 137 Å². The molecule has 1 unspecified atom stereocenters. The van der Waals surface area contributed by atoms with E-state index in [1.807, 2.05) is 31.2 Å². The van der Waals surface area contributed by atoms with Crippen LogP contribution >= 0.6 is 0 Å². The average Bonchev–Trinajstić information content (AvgIpc) is 3.75. The molecule has 4 N–H and O–H groups in total. The van der Waals surface area contributed by atoms with Gasteiger partial charge in [0.15, 0.2) is 11.6 Å². The van der Waals surface area contributed by atoms with Gasteiger partial charge >= 0.3 is 5.97 Å². The molecule has 2 heterocycles. The van der Waals surface area contributed by atoms with Crippen LogP contribution in [0, 0.1) is 11.6 Å². The number of ether oxygens (including phenoxy) is 1. The lowest BCUT2D eigenvalue weighted by molar-refractivity contribution is -0.137. The van der Waals surface area contributed by atoms with E-state index in [0.29, 0.717) is 42.5 Å². The van der Waals surface area contributed by atoms with E-state index in [2.05, 4.69) is 20.3 Å². The first kappa shape index (κ1) is 34.2. The largest absolute Gasteiger partial charge is 0.481 e. The Morgan fingerprint density at radius 3 is 2.67 bits per heavy atom. The number of benzene rings is 3. The number of halogens is 2. The van der Waals surface area contributed by atoms with E-state index in [1.54, 1.807) is 25.5 Å². The zero-order valence-electron chi connectivity index (χ0n) is 26.9. The summed E-state index contributed by atoms with van der Waals surface area (Å²) in [6.07, 6.45) is 6.37. The number of nitrogens with one attached hydrogen (secondary N) is 3. The maximum Gasteiger partial charge on any atom is 0.303 e. The smallest absolute Gasteiger partial charge is 0.303 e. The fourth-order valence-corrected chi connectivity index (χ4v) is 6.07. The van der Waals surface area contributed by atoms with Gasteiger partial charge in [-0.15, -0.1) is 0 Å². The van der Waals surface area contributed by atoms with Gasteiger partial charge in [-0.3, -0.25) is 9.59 Å². The average molecular weight is 657 g/mol. The molecule has 9 nitrogen and oxygen atoms in total. The van der Waals surface area contributed by atoms with Crippen LogP contribution in [0.15, 0.2) is 67.0 Å². The van der Waals surface area contributed by atoms with Crippen molar-refractivity contribution in [3.8, 4) is 22.9 Å². The number of hydrogen-bond donors (Lipinski definition) is 4. The summed E-state index contributed by atoms with van der Waals surface area (Å²) in [5.41, 5.74) is 2.97. The highest BCUT2D eigenvalue weighted by molar-refractivity contribution is 5.86. The number of carboxylic acid groups (broad SMARTS) is 1. The number of Topliss-reactive ketones (excluding diaryl/α,β-unsaturated/α-hetero) is 1. The minimum absolute atomic E-state index is 0.00783. The van der Waals surface area contributed by atoms with Crippen LogP contribution in [0.4, 0.5) is 8.78 Å². The molecule has 0 radical (unpaired) electrons. The van der Waals surface area contributed by atoms with Crippen LogP contribution in [-0.2, 0) is 32.6 Å². The summed E-state index contributed by atoms with van der Waals surface area (Å²) in [4.78, 5) is 45.5. The molecule has 5 aromatic rings. The van der Waals surface area contributed by atoms with Crippen molar-refractivity contribution >= 4 is 28.9 Å². The Labute approximate surface area is 276 Å². The molecule has 2 aromatic heterocycles. The fourth-order valence-electron chi connectivity index (χ4n) is 6.07. The Bertz CT molecular complexity index is 1930. The first-order valence-corrected chi connectivity index (χ1v) is 15.9. The highest BCUT2D eigenvalue weighted by Crippen LogP contribution is 2.39. The van der Waals surface area contributed by atoms with Gasteiger partial charge in [0.2, 0.25) is 0 Å². The number of ketones is 1. The second-order valence-electron chi connectivity index (χ2n) is 12.0. The van der Waals surface area contributed by atoms with Crippen LogP contribution in [0.3, 0.4) is 0 Å². The molecule has 0 bridgehead atoms. The van der Waals surface area contributed by atoms with E-state index in [4.69, 9.17) is 4.74 Å². The third kappa shape index (κ3) is 7.69. The Morgan fingerprint density at radius 1 is 1.06 bits per heavy atom. The highest BCUT2D eigenvalue weighted by Gasteiger charge is 2.32. The van der Waals surface area contributed by atoms with E-state index in [-0.39, 0.29) is 54.5 Å². The number of aromatic nitrogens is 3. The van der Waals surface area contributed by atoms with Gasteiger partial charge in [0.1, 0.15) is 29.5 Å². The predicted molar refractivity (Wildman–Crippen MR) is 178 cm³/mol. The van der Waals surface area contributed by atoms with Crippen LogP contribution in [0.1, 0.15) is 61.4 Å². The lowest BCUT2D eigenvalue weighted by atomic mass is 9.75. The molecule has 3 aromatic carbocycles. The van der Waals surface area contributed by atoms with Crippen molar-refractivity contribution in [2.75, 3.05) is 13.6 Å². The van der Waals surface area contributed by atoms with Crippen molar-refractivity contribution in [3.63, 3.8) is 0 Å². The number of likely N-dealkylation sites (N-methyl/N-ethyl adjacent to an activating group) is 1. The number of fused-ring (bicyclic) bond motifs is 1. The Kier molecular flexibility index (Phi) is 10.8. The minimum atomic E-state index is -0.886. The molecule has 0 saturated carbocycles. The summed E-state index contributed by atoms with van der Waals surface area (Å²) >= 11 is 0. The number of carboxylic acids is 1. The van der Waals surface area contributed by atoms with Crippen molar-refractivity contribution in [1.29, 1.82) is 0 Å². The number of aromatic amines is 2. The van der Waals surface area contributed by atoms with Gasteiger partial charge in [-0.2, -0.15) is 0 Å². The third-order valence-electron chi connectivity index (χ3n) is 8.66. The van der Waals surface area contributed by atoms with Crippen molar-refractivity contribution in [1.82, 2.24) is 20.3 Å². The van der Waals surface area contributed by atoms with Crippen LogP contribution in [-0.4, -0.2) is 51.7 Å². The molecule has 0 aliphatic carbocycles. The number of carbonyl (C=O) groups excluding carboxylic acids is 2. The van der Waals surface area contributed by atoms with E-state index < -0.39 is 23.0 Å². The molecule has 0 amide bonds. The quantitative estimate of drug-likeness (QED) is 0.0788. The first-order chi connectivity index (χ1) is 23.1. The molecule has 5 rings (SSSR count). The van der Waals surface area contributed by atoms with Gasteiger partial charge in [-0.1, -0.05) is 24.3 Å². The summed E-state index contributed by atoms with van der Waals surface area (Å²) in [7, 11) is 1.72. The van der Waals surface area contributed by atoms with Gasteiger partial charge in [-0.25, -0.2) is 13.8 Å². The summed E-state index contributed by atoms with van der Waals surface area (Å²) in [6.45, 7) is 2.29. The SMILES string of the molecule is CNCC(=O)CCCC(C)(c1cccc(CCC(=O)O)c1)c1cnc(-c2cc(Oc3c(F)cc4[nH]ccc4c3CCC=O)ccc2F)[nH]1. The number of nitrogens with zero attached hydrogens (tertiary/aromatic N) is 1. The summed E-state index contributed by atoms with van der Waals surface area (Å²) < 4.78 is 36.7. The predicted octanol–water partition coefficient (Wildman–Crippen LogP) is 7.04. The van der Waals surface area contributed by atoms with Crippen LogP contribution in [0.25, 0.3) is 22.3 Å². The van der Waals surface area contributed by atoms with E-state index in [1.165, 1.54) is 24.3 Å². The lowest BCUT2D eigenvalue weighted by Gasteiger charge is -2.30. The second-order valence-corrected chi connectivity index (χ2v) is 12.0. The lowest BCUT2D eigenvalue weighted by Crippen LogP contribution is -2.25. The zero-order chi connectivity index (χ0) is 34.3. The molecule has 0 spiro atoms. The standard InChI is InChI=1S/C37H38F2N4O5/c1-37(15-4-8-25(45)21-40-2,24-7-3-6-23(18-24)10-13-34(46)47)33-22-42-36(43-33)29-19-26(11-12-30(29)38)48-35-28(9-5-17-44)27-14-16-41-32(27)20-31(35)39/h3,6-7,11-12,14,16-20,22,40-41H,4-5,8-10,13,15,21H2,1-2H3,(H,42,43)(H,46,47). The van der Waals surface area contributed by atoms with Crippen molar-refractivity contribution in [3.05, 3.63) is 101 Å². The summed E-state index contributed by atoms with van der Waals surface area (Å²) in [5, 5.41) is 12.8. The maximum absolute atomic E-state index is 15.4. The molecule has 0 fully saturated rings. The number of aldehydes is 1. The molecular weight excluding hydrogens is 618 g/mol. The number of carbonyl (C=O) groups is 3. The fraction of sp³-hybridized carbons (Fsp3) is 0.297. The molecule has 250 valence electrons. The molecule has 0 aliphatic rings. The second kappa shape index (κ2) is 15.2. The monoisotopic (exact) mass is 656 g/mol. The van der Waals surface area contributed by atoms with Gasteiger partial charge in [0.05, 0.1) is 12.1 Å². The van der Waals surface area contributed by atoms with E-state index in [9.17, 15) is 19.5 Å². The van der Waals surface area contributed by atoms with Gasteiger partial charge in [-0.05, 0) is 75.0 Å². The van der Waals surface area contributed by atoms with Gasteiger partial charge < -0.3 is 29.9 Å². The first-order valence-electron chi connectivity index (χ1n) is 15.9. The molecule has 1 atom stereocenters.